The normalized spacial score (nSPS) is 11.5. The van der Waals surface area contributed by atoms with E-state index >= 15 is 0 Å². The minimum Gasteiger partial charge on any atom is -0.318 e. The lowest BCUT2D eigenvalue weighted by Crippen LogP contribution is -2.32. The summed E-state index contributed by atoms with van der Waals surface area (Å²) in [5.74, 6) is -2.20. The van der Waals surface area contributed by atoms with Gasteiger partial charge >= 0.3 is 18.0 Å². The molecule has 0 aliphatic rings. The predicted octanol–water partition coefficient (Wildman–Crippen LogP) is 3.16. The monoisotopic (exact) mass is 355 g/mol. The zero-order valence-electron chi connectivity index (χ0n) is 12.3. The number of hydrazone groups is 1. The summed E-state index contributed by atoms with van der Waals surface area (Å²) in [5, 5.41) is 7.57. The maximum Gasteiger partial charge on any atom is 0.416 e. The molecule has 0 saturated carbocycles. The standard InChI is InChI=1S/C15H12F3N3O2S/c1-9-5-6-24-12(9)8-19-21-14(23)13(22)20-11-4-2-3-10(7-11)15(16,17)18/h2-8H,1H3,(H,20,22)(H,21,23)/b19-8-. The highest BCUT2D eigenvalue weighted by molar-refractivity contribution is 7.11. The highest BCUT2D eigenvalue weighted by Gasteiger charge is 2.30. The lowest BCUT2D eigenvalue weighted by Gasteiger charge is -2.09. The van der Waals surface area contributed by atoms with Crippen molar-refractivity contribution in [3.05, 3.63) is 51.7 Å². The van der Waals surface area contributed by atoms with Crippen molar-refractivity contribution >= 4 is 35.1 Å². The zero-order valence-corrected chi connectivity index (χ0v) is 13.2. The zero-order chi connectivity index (χ0) is 17.7. The molecule has 2 rings (SSSR count). The molecule has 2 N–H and O–H groups in total. The average molecular weight is 355 g/mol. The number of hydrogen-bond donors (Lipinski definition) is 2. The van der Waals surface area contributed by atoms with Crippen LogP contribution in [-0.4, -0.2) is 18.0 Å². The summed E-state index contributed by atoms with van der Waals surface area (Å²) in [6.45, 7) is 1.86. The molecule has 126 valence electrons. The molecule has 0 aliphatic heterocycles. The molecular formula is C15H12F3N3O2S. The number of anilines is 1. The van der Waals surface area contributed by atoms with Crippen LogP contribution in [0.5, 0.6) is 0 Å². The molecule has 1 aromatic carbocycles. The molecule has 2 aromatic rings. The van der Waals surface area contributed by atoms with Gasteiger partial charge in [-0.05, 0) is 42.1 Å². The second-order valence-corrected chi connectivity index (χ2v) is 5.65. The van der Waals surface area contributed by atoms with Gasteiger partial charge in [-0.1, -0.05) is 6.07 Å². The van der Waals surface area contributed by atoms with Gasteiger partial charge in [-0.2, -0.15) is 18.3 Å². The second-order valence-electron chi connectivity index (χ2n) is 4.70. The number of rotatable bonds is 3. The maximum atomic E-state index is 12.6. The largest absolute Gasteiger partial charge is 0.416 e. The van der Waals surface area contributed by atoms with Gasteiger partial charge in [0.2, 0.25) is 0 Å². The number of alkyl halides is 3. The molecule has 9 heteroatoms. The van der Waals surface area contributed by atoms with E-state index in [0.717, 1.165) is 28.6 Å². The molecule has 1 heterocycles. The summed E-state index contributed by atoms with van der Waals surface area (Å²) >= 11 is 1.41. The fourth-order valence-corrected chi connectivity index (χ4v) is 2.46. The van der Waals surface area contributed by atoms with Crippen LogP contribution in [-0.2, 0) is 15.8 Å². The number of carbonyl (C=O) groups excluding carboxylic acids is 2. The van der Waals surface area contributed by atoms with E-state index in [1.54, 1.807) is 0 Å². The van der Waals surface area contributed by atoms with E-state index in [9.17, 15) is 22.8 Å². The van der Waals surface area contributed by atoms with E-state index in [4.69, 9.17) is 0 Å². The first kappa shape index (κ1) is 17.7. The van der Waals surface area contributed by atoms with Gasteiger partial charge < -0.3 is 5.32 Å². The Hall–Kier alpha value is -2.68. The van der Waals surface area contributed by atoms with E-state index in [1.807, 2.05) is 23.8 Å². The van der Waals surface area contributed by atoms with E-state index in [2.05, 4.69) is 10.4 Å². The van der Waals surface area contributed by atoms with Gasteiger partial charge in [0.25, 0.3) is 0 Å². The minimum absolute atomic E-state index is 0.136. The van der Waals surface area contributed by atoms with Crippen LogP contribution in [0.15, 0.2) is 40.8 Å². The first-order valence-electron chi connectivity index (χ1n) is 6.63. The molecule has 0 bridgehead atoms. The Morgan fingerprint density at radius 1 is 1.21 bits per heavy atom. The van der Waals surface area contributed by atoms with Crippen LogP contribution in [0.4, 0.5) is 18.9 Å². The van der Waals surface area contributed by atoms with Crippen molar-refractivity contribution in [2.75, 3.05) is 5.32 Å². The van der Waals surface area contributed by atoms with Crippen molar-refractivity contribution in [3.8, 4) is 0 Å². The van der Waals surface area contributed by atoms with Gasteiger partial charge in [0.1, 0.15) is 0 Å². The summed E-state index contributed by atoms with van der Waals surface area (Å²) in [4.78, 5) is 24.1. The van der Waals surface area contributed by atoms with Crippen LogP contribution in [0.1, 0.15) is 16.0 Å². The topological polar surface area (TPSA) is 70.6 Å². The molecule has 5 nitrogen and oxygen atoms in total. The summed E-state index contributed by atoms with van der Waals surface area (Å²) in [6.07, 6.45) is -3.15. The molecule has 2 amide bonds. The van der Waals surface area contributed by atoms with Crippen LogP contribution in [0.2, 0.25) is 0 Å². The minimum atomic E-state index is -4.54. The van der Waals surface area contributed by atoms with Crippen LogP contribution >= 0.6 is 11.3 Å². The van der Waals surface area contributed by atoms with Gasteiger partial charge in [-0.25, -0.2) is 5.43 Å². The van der Waals surface area contributed by atoms with E-state index in [-0.39, 0.29) is 5.69 Å². The molecular weight excluding hydrogens is 343 g/mol. The summed E-state index contributed by atoms with van der Waals surface area (Å²) in [5.41, 5.74) is 1.92. The third kappa shape index (κ3) is 4.66. The second kappa shape index (κ2) is 7.26. The number of amides is 2. The third-order valence-electron chi connectivity index (χ3n) is 2.90. The SMILES string of the molecule is Cc1ccsc1/C=N\NC(=O)C(=O)Nc1cccc(C(F)(F)F)c1. The molecule has 1 aromatic heterocycles. The summed E-state index contributed by atoms with van der Waals surface area (Å²) in [6, 6.07) is 5.85. The van der Waals surface area contributed by atoms with Crippen molar-refractivity contribution in [1.29, 1.82) is 0 Å². The van der Waals surface area contributed by atoms with Gasteiger partial charge in [-0.3, -0.25) is 9.59 Å². The number of benzene rings is 1. The summed E-state index contributed by atoms with van der Waals surface area (Å²) in [7, 11) is 0. The number of halogens is 3. The molecule has 0 radical (unpaired) electrons. The molecule has 0 spiro atoms. The van der Waals surface area contributed by atoms with Gasteiger partial charge in [0.15, 0.2) is 0 Å². The van der Waals surface area contributed by atoms with Gasteiger partial charge in [0, 0.05) is 10.6 Å². The highest BCUT2D eigenvalue weighted by atomic mass is 32.1. The Morgan fingerprint density at radius 3 is 2.58 bits per heavy atom. The fourth-order valence-electron chi connectivity index (χ4n) is 1.68. The lowest BCUT2D eigenvalue weighted by atomic mass is 10.2. The van der Waals surface area contributed by atoms with Crippen molar-refractivity contribution in [2.45, 2.75) is 13.1 Å². The van der Waals surface area contributed by atoms with E-state index in [0.29, 0.717) is 0 Å². The Balaban J connectivity index is 1.96. The quantitative estimate of drug-likeness (QED) is 0.504. The number of thiophene rings is 1. The van der Waals surface area contributed by atoms with E-state index < -0.39 is 23.6 Å². The van der Waals surface area contributed by atoms with Crippen molar-refractivity contribution in [1.82, 2.24) is 5.43 Å². The molecule has 0 unspecified atom stereocenters. The Kier molecular flexibility index (Phi) is 5.35. The number of nitrogens with one attached hydrogen (secondary N) is 2. The van der Waals surface area contributed by atoms with Crippen LogP contribution in [0.25, 0.3) is 0 Å². The first-order valence-corrected chi connectivity index (χ1v) is 7.51. The molecule has 0 fully saturated rings. The first-order chi connectivity index (χ1) is 11.3. The number of aryl methyl sites for hydroxylation is 1. The lowest BCUT2D eigenvalue weighted by molar-refractivity contribution is -0.137. The third-order valence-corrected chi connectivity index (χ3v) is 3.86. The van der Waals surface area contributed by atoms with Gasteiger partial charge in [0.05, 0.1) is 11.8 Å². The van der Waals surface area contributed by atoms with Crippen LogP contribution in [0.3, 0.4) is 0 Å². The molecule has 24 heavy (non-hydrogen) atoms. The Bertz CT molecular complexity index is 784. The van der Waals surface area contributed by atoms with Gasteiger partial charge in [-0.15, -0.1) is 11.3 Å². The van der Waals surface area contributed by atoms with Crippen molar-refractivity contribution in [3.63, 3.8) is 0 Å². The van der Waals surface area contributed by atoms with E-state index in [1.165, 1.54) is 23.6 Å². The van der Waals surface area contributed by atoms with Crippen LogP contribution in [0, 0.1) is 6.92 Å². The number of carbonyl (C=O) groups is 2. The molecule has 0 saturated heterocycles. The predicted molar refractivity (Wildman–Crippen MR) is 84.9 cm³/mol. The molecule has 0 aliphatic carbocycles. The average Bonchev–Trinajstić information content (AvgIpc) is 2.92. The summed E-state index contributed by atoms with van der Waals surface area (Å²) < 4.78 is 37.8. The number of hydrogen-bond acceptors (Lipinski definition) is 4. The Labute approximate surface area is 139 Å². The Morgan fingerprint density at radius 2 is 1.96 bits per heavy atom. The molecule has 0 atom stereocenters. The smallest absolute Gasteiger partial charge is 0.318 e. The van der Waals surface area contributed by atoms with Crippen molar-refractivity contribution < 1.29 is 22.8 Å². The van der Waals surface area contributed by atoms with Crippen LogP contribution < -0.4 is 10.7 Å². The highest BCUT2D eigenvalue weighted by Crippen LogP contribution is 2.30. The number of nitrogens with zero attached hydrogens (tertiary/aromatic N) is 1. The maximum absolute atomic E-state index is 12.6. The van der Waals surface area contributed by atoms with Crippen molar-refractivity contribution in [2.24, 2.45) is 5.10 Å². The fraction of sp³-hybridized carbons (Fsp3) is 0.133.